The van der Waals surface area contributed by atoms with Gasteiger partial charge in [0.1, 0.15) is 18.1 Å². The topological polar surface area (TPSA) is 55.8 Å². The average Bonchev–Trinajstić information content (AvgIpc) is 3.04. The van der Waals surface area contributed by atoms with Crippen molar-refractivity contribution >= 4 is 17.3 Å². The highest BCUT2D eigenvalue weighted by molar-refractivity contribution is 7.09. The number of carbonyl (C=O) groups is 1. The Kier molecular flexibility index (Phi) is 3.13. The van der Waals surface area contributed by atoms with Crippen molar-refractivity contribution in [1.29, 1.82) is 0 Å². The van der Waals surface area contributed by atoms with E-state index in [0.29, 0.717) is 24.5 Å². The highest BCUT2D eigenvalue weighted by atomic mass is 32.1. The van der Waals surface area contributed by atoms with Crippen molar-refractivity contribution in [2.24, 2.45) is 0 Å². The molecule has 0 saturated carbocycles. The second-order valence-electron chi connectivity index (χ2n) is 4.29. The fourth-order valence-corrected chi connectivity index (χ4v) is 2.60. The Morgan fingerprint density at radius 2 is 2.37 bits per heavy atom. The summed E-state index contributed by atoms with van der Waals surface area (Å²) in [7, 11) is 0. The van der Waals surface area contributed by atoms with E-state index in [0.717, 1.165) is 10.4 Å². The minimum atomic E-state index is -0.933. The first-order valence-corrected chi connectivity index (χ1v) is 6.78. The average molecular weight is 276 g/mol. The summed E-state index contributed by atoms with van der Waals surface area (Å²) >= 11 is 1.64. The molecule has 1 aromatic heterocycles. The van der Waals surface area contributed by atoms with Crippen molar-refractivity contribution in [2.75, 3.05) is 0 Å². The third-order valence-electron chi connectivity index (χ3n) is 2.95. The lowest BCUT2D eigenvalue weighted by Crippen LogP contribution is -2.24. The summed E-state index contributed by atoms with van der Waals surface area (Å²) in [4.78, 5) is 12.0. The van der Waals surface area contributed by atoms with Crippen LogP contribution in [0.1, 0.15) is 10.4 Å². The van der Waals surface area contributed by atoms with Gasteiger partial charge in [-0.25, -0.2) is 4.79 Å². The van der Waals surface area contributed by atoms with Crippen LogP contribution in [0, 0.1) is 0 Å². The highest BCUT2D eigenvalue weighted by Crippen LogP contribution is 2.32. The maximum Gasteiger partial charge on any atom is 0.345 e. The zero-order valence-electron chi connectivity index (χ0n) is 10.0. The monoisotopic (exact) mass is 276 g/mol. The molecule has 2 heterocycles. The maximum absolute atomic E-state index is 10.9. The molecule has 0 aliphatic carbocycles. The van der Waals surface area contributed by atoms with Gasteiger partial charge < -0.3 is 14.6 Å². The van der Waals surface area contributed by atoms with Crippen LogP contribution in [0.15, 0.2) is 35.7 Å². The molecule has 5 heteroatoms. The fourth-order valence-electron chi connectivity index (χ4n) is 1.98. The zero-order chi connectivity index (χ0) is 13.2. The van der Waals surface area contributed by atoms with Gasteiger partial charge in [-0.2, -0.15) is 0 Å². The second-order valence-corrected chi connectivity index (χ2v) is 5.32. The molecule has 3 rings (SSSR count). The van der Waals surface area contributed by atoms with Crippen LogP contribution in [0.25, 0.3) is 0 Å². The Bertz CT molecular complexity index is 591. The van der Waals surface area contributed by atoms with E-state index < -0.39 is 12.1 Å². The van der Waals surface area contributed by atoms with Gasteiger partial charge >= 0.3 is 5.97 Å². The first-order chi connectivity index (χ1) is 9.22. The molecule has 0 amide bonds. The lowest BCUT2D eigenvalue weighted by Gasteiger charge is -2.07. The van der Waals surface area contributed by atoms with E-state index in [9.17, 15) is 4.79 Å². The van der Waals surface area contributed by atoms with Crippen LogP contribution in [-0.4, -0.2) is 17.2 Å². The van der Waals surface area contributed by atoms with Gasteiger partial charge in [-0.1, -0.05) is 12.1 Å². The smallest absolute Gasteiger partial charge is 0.345 e. The summed E-state index contributed by atoms with van der Waals surface area (Å²) in [5.74, 6) is 0.367. The normalized spacial score (nSPS) is 16.7. The van der Waals surface area contributed by atoms with Crippen LogP contribution in [0.5, 0.6) is 11.5 Å². The number of thiophene rings is 1. The summed E-state index contributed by atoms with van der Waals surface area (Å²) in [6.07, 6.45) is -0.363. The number of aliphatic carboxylic acids is 1. The first kappa shape index (κ1) is 12.0. The summed E-state index contributed by atoms with van der Waals surface area (Å²) in [6.45, 7) is 0.513. The molecule has 98 valence electrons. The van der Waals surface area contributed by atoms with Gasteiger partial charge in [0.05, 0.1) is 0 Å². The number of ether oxygens (including phenoxy) is 2. The van der Waals surface area contributed by atoms with Gasteiger partial charge in [-0.05, 0) is 23.1 Å². The number of rotatable bonds is 4. The number of fused-ring (bicyclic) bond motifs is 1. The molecular formula is C14H12O4S. The number of benzene rings is 1. The SMILES string of the molecule is O=C(O)C1Cc2ccc(OCc3cccs3)cc2O1. The molecule has 1 aliphatic heterocycles. The highest BCUT2D eigenvalue weighted by Gasteiger charge is 2.28. The van der Waals surface area contributed by atoms with Gasteiger partial charge in [0.15, 0.2) is 6.10 Å². The number of hydrogen-bond acceptors (Lipinski definition) is 4. The largest absolute Gasteiger partial charge is 0.488 e. The number of hydrogen-bond donors (Lipinski definition) is 1. The first-order valence-electron chi connectivity index (χ1n) is 5.90. The molecule has 0 spiro atoms. The van der Waals surface area contributed by atoms with E-state index in [1.165, 1.54) is 0 Å². The fraction of sp³-hybridized carbons (Fsp3) is 0.214. The van der Waals surface area contributed by atoms with E-state index in [1.54, 1.807) is 17.4 Å². The lowest BCUT2D eigenvalue weighted by atomic mass is 10.1. The summed E-state index contributed by atoms with van der Waals surface area (Å²) < 4.78 is 11.0. The van der Waals surface area contributed by atoms with Crippen molar-refractivity contribution in [2.45, 2.75) is 19.1 Å². The molecule has 0 radical (unpaired) electrons. The molecule has 1 aromatic carbocycles. The van der Waals surface area contributed by atoms with Gasteiger partial charge in [0.2, 0.25) is 0 Å². The lowest BCUT2D eigenvalue weighted by molar-refractivity contribution is -0.144. The Balaban J connectivity index is 1.69. The van der Waals surface area contributed by atoms with Crippen molar-refractivity contribution in [3.8, 4) is 11.5 Å². The van der Waals surface area contributed by atoms with E-state index in [1.807, 2.05) is 29.6 Å². The standard InChI is InChI=1S/C14H12O4S/c15-14(16)13-6-9-3-4-10(7-12(9)18-13)17-8-11-2-1-5-19-11/h1-5,7,13H,6,8H2,(H,15,16). The predicted molar refractivity (Wildman–Crippen MR) is 70.8 cm³/mol. The van der Waals surface area contributed by atoms with E-state index in [-0.39, 0.29) is 0 Å². The molecule has 0 bridgehead atoms. The second kappa shape index (κ2) is 4.93. The maximum atomic E-state index is 10.9. The van der Waals surface area contributed by atoms with Crippen LogP contribution in [-0.2, 0) is 17.8 Å². The minimum Gasteiger partial charge on any atom is -0.488 e. The van der Waals surface area contributed by atoms with Crippen LogP contribution in [0.2, 0.25) is 0 Å². The molecule has 19 heavy (non-hydrogen) atoms. The van der Waals surface area contributed by atoms with E-state index in [4.69, 9.17) is 14.6 Å². The molecule has 1 unspecified atom stereocenters. The minimum absolute atomic E-state index is 0.413. The van der Waals surface area contributed by atoms with Gasteiger partial charge in [0.25, 0.3) is 0 Å². The number of carboxylic acid groups (broad SMARTS) is 1. The van der Waals surface area contributed by atoms with Crippen molar-refractivity contribution in [3.05, 3.63) is 46.2 Å². The molecule has 1 aliphatic rings. The Hall–Kier alpha value is -2.01. The molecule has 2 aromatic rings. The Morgan fingerprint density at radius 3 is 3.11 bits per heavy atom. The van der Waals surface area contributed by atoms with Crippen LogP contribution in [0.3, 0.4) is 0 Å². The molecule has 1 N–H and O–H groups in total. The third kappa shape index (κ3) is 2.56. The van der Waals surface area contributed by atoms with Crippen molar-refractivity contribution in [1.82, 2.24) is 0 Å². The Labute approximate surface area is 114 Å². The molecule has 4 nitrogen and oxygen atoms in total. The summed E-state index contributed by atoms with van der Waals surface area (Å²) in [5.41, 5.74) is 0.913. The quantitative estimate of drug-likeness (QED) is 0.933. The molecule has 1 atom stereocenters. The van der Waals surface area contributed by atoms with Crippen LogP contribution < -0.4 is 9.47 Å². The van der Waals surface area contributed by atoms with E-state index in [2.05, 4.69) is 0 Å². The van der Waals surface area contributed by atoms with Crippen molar-refractivity contribution in [3.63, 3.8) is 0 Å². The van der Waals surface area contributed by atoms with E-state index >= 15 is 0 Å². The summed E-state index contributed by atoms with van der Waals surface area (Å²) in [5, 5.41) is 10.9. The third-order valence-corrected chi connectivity index (χ3v) is 3.80. The number of carboxylic acids is 1. The predicted octanol–water partition coefficient (Wildman–Crippen LogP) is 2.72. The van der Waals surface area contributed by atoms with Gasteiger partial charge in [-0.15, -0.1) is 11.3 Å². The Morgan fingerprint density at radius 1 is 1.47 bits per heavy atom. The van der Waals surface area contributed by atoms with Gasteiger partial charge in [0, 0.05) is 17.4 Å². The molecule has 0 saturated heterocycles. The van der Waals surface area contributed by atoms with Crippen molar-refractivity contribution < 1.29 is 19.4 Å². The molecule has 0 fully saturated rings. The molecular weight excluding hydrogens is 264 g/mol. The van der Waals surface area contributed by atoms with Gasteiger partial charge in [-0.3, -0.25) is 0 Å². The van der Waals surface area contributed by atoms with Crippen LogP contribution >= 0.6 is 11.3 Å². The summed E-state index contributed by atoms with van der Waals surface area (Å²) in [6, 6.07) is 9.45. The zero-order valence-corrected chi connectivity index (χ0v) is 10.9. The van der Waals surface area contributed by atoms with Crippen LogP contribution in [0.4, 0.5) is 0 Å².